The van der Waals surface area contributed by atoms with Crippen molar-refractivity contribution in [2.75, 3.05) is 23.8 Å². The summed E-state index contributed by atoms with van der Waals surface area (Å²) in [5, 5.41) is 8.72. The molecule has 0 aromatic heterocycles. The molecule has 1 atom stereocenters. The van der Waals surface area contributed by atoms with Gasteiger partial charge in [-0.2, -0.15) is 0 Å². The number of fused-ring (bicyclic) bond motifs is 2. The molecule has 1 saturated carbocycles. The number of rotatable bonds is 5. The number of ether oxygens (including phenoxy) is 2. The second-order valence-electron chi connectivity index (χ2n) is 9.37. The van der Waals surface area contributed by atoms with Crippen molar-refractivity contribution in [1.82, 2.24) is 5.32 Å². The van der Waals surface area contributed by atoms with Crippen LogP contribution in [0.25, 0.3) is 0 Å². The van der Waals surface area contributed by atoms with Crippen molar-refractivity contribution in [2.24, 2.45) is 5.92 Å². The number of amides is 3. The van der Waals surface area contributed by atoms with Crippen LogP contribution in [0, 0.1) is 5.92 Å². The van der Waals surface area contributed by atoms with Crippen molar-refractivity contribution in [1.29, 1.82) is 0 Å². The van der Waals surface area contributed by atoms with E-state index < -0.39 is 17.6 Å². The number of nitrogens with one attached hydrogen (secondary N) is 3. The lowest BCUT2D eigenvalue weighted by molar-refractivity contribution is -0.124. The van der Waals surface area contributed by atoms with Crippen molar-refractivity contribution < 1.29 is 23.9 Å². The van der Waals surface area contributed by atoms with Crippen molar-refractivity contribution in [2.45, 2.75) is 76.4 Å². The highest BCUT2D eigenvalue weighted by atomic mass is 16.6. The lowest BCUT2D eigenvalue weighted by Gasteiger charge is -2.31. The Balaban J connectivity index is 1.50. The number of alkyl carbamates (subject to hydrolysis) is 1. The summed E-state index contributed by atoms with van der Waals surface area (Å²) < 4.78 is 10.7. The van der Waals surface area contributed by atoms with Gasteiger partial charge in [-0.3, -0.25) is 9.59 Å². The van der Waals surface area contributed by atoms with Crippen LogP contribution in [0.4, 0.5) is 16.2 Å². The third-order valence-electron chi connectivity index (χ3n) is 6.85. The first-order chi connectivity index (χ1) is 15.4. The average Bonchev–Trinajstić information content (AvgIpc) is 3.03. The molecule has 0 radical (unpaired) electrons. The molecular weight excluding hydrogens is 410 g/mol. The summed E-state index contributed by atoms with van der Waals surface area (Å²) in [5.41, 5.74) is 1.75. The summed E-state index contributed by atoms with van der Waals surface area (Å²) in [7, 11) is 0. The Hall–Kier alpha value is -2.61. The third kappa shape index (κ3) is 4.60. The smallest absolute Gasteiger partial charge is 0.408 e. The quantitative estimate of drug-likeness (QED) is 0.643. The molecule has 8 nitrogen and oxygen atoms in total. The van der Waals surface area contributed by atoms with Crippen LogP contribution in [0.2, 0.25) is 0 Å². The van der Waals surface area contributed by atoms with Gasteiger partial charge in [0.1, 0.15) is 6.04 Å². The summed E-state index contributed by atoms with van der Waals surface area (Å²) in [6.07, 6.45) is 5.51. The highest BCUT2D eigenvalue weighted by Crippen LogP contribution is 2.45. The summed E-state index contributed by atoms with van der Waals surface area (Å²) in [5.74, 6) is -0.191. The van der Waals surface area contributed by atoms with Gasteiger partial charge in [0.25, 0.3) is 0 Å². The molecule has 1 unspecified atom stereocenters. The van der Waals surface area contributed by atoms with Crippen LogP contribution in [0.15, 0.2) is 18.2 Å². The van der Waals surface area contributed by atoms with Crippen molar-refractivity contribution in [3.8, 4) is 0 Å². The average molecular weight is 444 g/mol. The summed E-state index contributed by atoms with van der Waals surface area (Å²) in [6, 6.07) is 4.90. The predicted molar refractivity (Wildman–Crippen MR) is 121 cm³/mol. The fourth-order valence-corrected chi connectivity index (χ4v) is 5.18. The van der Waals surface area contributed by atoms with Gasteiger partial charge in [-0.25, -0.2) is 4.79 Å². The van der Waals surface area contributed by atoms with E-state index in [0.29, 0.717) is 31.7 Å². The van der Waals surface area contributed by atoms with Crippen molar-refractivity contribution >= 4 is 29.3 Å². The van der Waals surface area contributed by atoms with Crippen molar-refractivity contribution in [3.05, 3.63) is 23.8 Å². The summed E-state index contributed by atoms with van der Waals surface area (Å²) in [6.45, 7) is 4.68. The fraction of sp³-hybridized carbons (Fsp3) is 0.625. The fourth-order valence-electron chi connectivity index (χ4n) is 5.18. The van der Waals surface area contributed by atoms with E-state index in [-0.39, 0.29) is 23.8 Å². The Bertz CT molecular complexity index is 872. The van der Waals surface area contributed by atoms with E-state index in [1.807, 2.05) is 12.1 Å². The zero-order valence-corrected chi connectivity index (χ0v) is 18.9. The predicted octanol–water partition coefficient (Wildman–Crippen LogP) is 3.71. The van der Waals surface area contributed by atoms with Crippen molar-refractivity contribution in [3.63, 3.8) is 0 Å². The van der Waals surface area contributed by atoms with Crippen LogP contribution in [0.5, 0.6) is 0 Å². The van der Waals surface area contributed by atoms with Gasteiger partial charge < -0.3 is 25.4 Å². The molecule has 0 bridgehead atoms. The largest absolute Gasteiger partial charge is 0.447 e. The Labute approximate surface area is 188 Å². The van der Waals surface area contributed by atoms with E-state index >= 15 is 0 Å². The molecule has 3 aliphatic rings. The summed E-state index contributed by atoms with van der Waals surface area (Å²) >= 11 is 0. The molecule has 1 saturated heterocycles. The van der Waals surface area contributed by atoms with Gasteiger partial charge in [0.2, 0.25) is 11.8 Å². The second kappa shape index (κ2) is 9.48. The minimum atomic E-state index is -0.661. The number of hydrogen-bond acceptors (Lipinski definition) is 5. The van der Waals surface area contributed by atoms with Crippen LogP contribution < -0.4 is 16.0 Å². The van der Waals surface area contributed by atoms with Crippen LogP contribution in [-0.4, -0.2) is 43.3 Å². The number of carbonyl (C=O) groups excluding carboxylic acids is 3. The van der Waals surface area contributed by atoms with E-state index in [2.05, 4.69) is 16.0 Å². The molecule has 174 valence electrons. The lowest BCUT2D eigenvalue weighted by atomic mass is 9.75. The molecule has 1 aromatic rings. The first-order valence-corrected chi connectivity index (χ1v) is 11.7. The van der Waals surface area contributed by atoms with Crippen LogP contribution >= 0.6 is 0 Å². The third-order valence-corrected chi connectivity index (χ3v) is 6.85. The molecule has 3 N–H and O–H groups in total. The maximum Gasteiger partial charge on any atom is 0.408 e. The number of anilines is 2. The van der Waals surface area contributed by atoms with Crippen LogP contribution in [-0.2, 0) is 24.5 Å². The van der Waals surface area contributed by atoms with Gasteiger partial charge in [0.15, 0.2) is 0 Å². The number of benzene rings is 1. The normalized spacial score (nSPS) is 21.0. The van der Waals surface area contributed by atoms with E-state index in [0.717, 1.165) is 43.4 Å². The maximum absolute atomic E-state index is 13.2. The Kier molecular flexibility index (Phi) is 6.69. The van der Waals surface area contributed by atoms with Gasteiger partial charge in [-0.1, -0.05) is 25.3 Å². The highest BCUT2D eigenvalue weighted by molar-refractivity contribution is 6.07. The molecule has 4 rings (SSSR count). The van der Waals surface area contributed by atoms with Gasteiger partial charge >= 0.3 is 6.09 Å². The Morgan fingerprint density at radius 1 is 1.16 bits per heavy atom. The van der Waals surface area contributed by atoms with E-state index in [4.69, 9.17) is 9.47 Å². The maximum atomic E-state index is 13.2. The Morgan fingerprint density at radius 2 is 1.88 bits per heavy atom. The zero-order chi connectivity index (χ0) is 22.7. The number of carbonyl (C=O) groups is 3. The second-order valence-corrected chi connectivity index (χ2v) is 9.37. The number of hydrogen-bond donors (Lipinski definition) is 3. The minimum Gasteiger partial charge on any atom is -0.447 e. The van der Waals surface area contributed by atoms with Gasteiger partial charge in [0.05, 0.1) is 11.5 Å². The molecule has 8 heteroatoms. The monoisotopic (exact) mass is 443 g/mol. The molecule has 1 spiro atoms. The topological polar surface area (TPSA) is 106 Å². The molecular formula is C24H33N3O5. The van der Waals surface area contributed by atoms with Gasteiger partial charge in [-0.05, 0) is 63.1 Å². The van der Waals surface area contributed by atoms with Gasteiger partial charge in [-0.15, -0.1) is 0 Å². The first-order valence-electron chi connectivity index (χ1n) is 11.7. The first kappa shape index (κ1) is 22.6. The van der Waals surface area contributed by atoms with Crippen LogP contribution in [0.3, 0.4) is 0 Å². The van der Waals surface area contributed by atoms with E-state index in [1.165, 1.54) is 0 Å². The standard InChI is InChI=1S/C24H33N3O5/c1-15(2)32-23(30)27-20(16-6-4-3-5-7-16)21(28)25-17-8-9-18-19(14-17)26-22(29)24(18)10-12-31-13-11-24/h8-9,14-16,20H,3-7,10-13H2,1-2H3,(H,25,28)(H,26,29)(H,27,30). The van der Waals surface area contributed by atoms with E-state index in [1.54, 1.807) is 19.9 Å². The minimum absolute atomic E-state index is 0.00236. The van der Waals surface area contributed by atoms with E-state index in [9.17, 15) is 14.4 Å². The van der Waals surface area contributed by atoms with Gasteiger partial charge in [0, 0.05) is 24.6 Å². The molecule has 1 aromatic carbocycles. The lowest BCUT2D eigenvalue weighted by Crippen LogP contribution is -2.49. The Morgan fingerprint density at radius 3 is 2.56 bits per heavy atom. The van der Waals surface area contributed by atoms with Crippen LogP contribution in [0.1, 0.15) is 64.4 Å². The molecule has 1 aliphatic carbocycles. The molecule has 32 heavy (non-hydrogen) atoms. The molecule has 2 fully saturated rings. The SMILES string of the molecule is CC(C)OC(=O)NC(C(=O)Nc1ccc2c(c1)NC(=O)C21CCOCC1)C1CCCCC1. The molecule has 3 amide bonds. The molecule has 2 aliphatic heterocycles. The zero-order valence-electron chi connectivity index (χ0n) is 18.9. The molecule has 2 heterocycles. The highest BCUT2D eigenvalue weighted by Gasteiger charge is 2.47. The summed E-state index contributed by atoms with van der Waals surface area (Å²) in [4.78, 5) is 38.2.